The van der Waals surface area contributed by atoms with Crippen molar-refractivity contribution in [3.05, 3.63) is 44.7 Å². The van der Waals surface area contributed by atoms with Crippen LogP contribution in [0, 0.1) is 0 Å². The molecular weight excluding hydrogens is 251 g/mol. The van der Waals surface area contributed by atoms with Crippen LogP contribution >= 0.6 is 0 Å². The van der Waals surface area contributed by atoms with E-state index >= 15 is 0 Å². The van der Waals surface area contributed by atoms with Crippen molar-refractivity contribution in [1.82, 2.24) is 0 Å². The lowest BCUT2D eigenvalue weighted by Gasteiger charge is -2.10. The number of nitrogens with two attached hydrogens (primary N) is 1. The van der Waals surface area contributed by atoms with Crippen molar-refractivity contribution < 1.29 is 17.9 Å². The van der Waals surface area contributed by atoms with Gasteiger partial charge in [0, 0.05) is 0 Å². The highest BCUT2D eigenvalue weighted by molar-refractivity contribution is 5.80. The first-order valence-corrected chi connectivity index (χ1v) is 4.74. The van der Waals surface area contributed by atoms with Crippen LogP contribution in [-0.4, -0.2) is 6.36 Å². The van der Waals surface area contributed by atoms with E-state index in [1.165, 1.54) is 12.1 Å². The molecule has 2 aromatic carbocycles. The molecular formula is C11H6F3NO3. The molecule has 0 radical (unpaired) electrons. The fourth-order valence-electron chi connectivity index (χ4n) is 1.52. The van der Waals surface area contributed by atoms with Crippen LogP contribution < -0.4 is 21.3 Å². The molecule has 2 rings (SSSR count). The van der Waals surface area contributed by atoms with Gasteiger partial charge in [-0.2, -0.15) is 0 Å². The van der Waals surface area contributed by atoms with E-state index in [0.29, 0.717) is 0 Å². The van der Waals surface area contributed by atoms with E-state index in [1.807, 2.05) is 0 Å². The summed E-state index contributed by atoms with van der Waals surface area (Å²) in [5.41, 5.74) is 3.94. The van der Waals surface area contributed by atoms with Crippen LogP contribution in [0.3, 0.4) is 0 Å². The SMILES string of the molecule is Nc1c(-c2ccc(OC(F)(F)F)cc2)c(=O)c1=O. The molecule has 0 saturated heterocycles. The molecule has 0 aliphatic rings. The predicted octanol–water partition coefficient (Wildman–Crippen LogP) is 1.43. The maximum absolute atomic E-state index is 11.9. The van der Waals surface area contributed by atoms with Gasteiger partial charge in [0.15, 0.2) is 0 Å². The molecule has 0 saturated carbocycles. The Bertz CT molecular complexity index is 651. The summed E-state index contributed by atoms with van der Waals surface area (Å²) in [6, 6.07) is 4.54. The molecule has 0 aromatic heterocycles. The summed E-state index contributed by atoms with van der Waals surface area (Å²) in [5, 5.41) is 0. The lowest BCUT2D eigenvalue weighted by atomic mass is 9.99. The number of nitrogen functional groups attached to an aromatic ring is 1. The van der Waals surface area contributed by atoms with Gasteiger partial charge in [0.05, 0.1) is 11.3 Å². The van der Waals surface area contributed by atoms with Gasteiger partial charge < -0.3 is 10.5 Å². The van der Waals surface area contributed by atoms with E-state index in [-0.39, 0.29) is 16.8 Å². The van der Waals surface area contributed by atoms with Crippen LogP contribution in [0.4, 0.5) is 18.9 Å². The monoisotopic (exact) mass is 257 g/mol. The maximum Gasteiger partial charge on any atom is 0.573 e. The van der Waals surface area contributed by atoms with Crippen LogP contribution in [0.1, 0.15) is 0 Å². The molecule has 0 fully saturated rings. The molecule has 0 unspecified atom stereocenters. The molecule has 4 nitrogen and oxygen atoms in total. The van der Waals surface area contributed by atoms with Crippen molar-refractivity contribution in [3.8, 4) is 16.9 Å². The second-order valence-electron chi connectivity index (χ2n) is 3.52. The second-order valence-corrected chi connectivity index (χ2v) is 3.52. The zero-order chi connectivity index (χ0) is 13.5. The predicted molar refractivity (Wildman–Crippen MR) is 57.9 cm³/mol. The fourth-order valence-corrected chi connectivity index (χ4v) is 1.52. The Morgan fingerprint density at radius 2 is 1.56 bits per heavy atom. The second kappa shape index (κ2) is 3.86. The Morgan fingerprint density at radius 1 is 1.00 bits per heavy atom. The fraction of sp³-hybridized carbons (Fsp3) is 0.0909. The highest BCUT2D eigenvalue weighted by Gasteiger charge is 2.31. The molecule has 2 N–H and O–H groups in total. The molecule has 0 heterocycles. The average molecular weight is 257 g/mol. The summed E-state index contributed by atoms with van der Waals surface area (Å²) >= 11 is 0. The molecule has 0 atom stereocenters. The summed E-state index contributed by atoms with van der Waals surface area (Å²) in [6.45, 7) is 0. The summed E-state index contributed by atoms with van der Waals surface area (Å²) < 4.78 is 39.4. The van der Waals surface area contributed by atoms with E-state index in [2.05, 4.69) is 4.74 Å². The molecule has 0 aliphatic carbocycles. The van der Waals surface area contributed by atoms with Crippen molar-refractivity contribution >= 4 is 5.69 Å². The summed E-state index contributed by atoms with van der Waals surface area (Å²) in [5.74, 6) is -0.413. The van der Waals surface area contributed by atoms with E-state index in [1.54, 1.807) is 0 Å². The van der Waals surface area contributed by atoms with Crippen LogP contribution in [0.25, 0.3) is 11.1 Å². The quantitative estimate of drug-likeness (QED) is 0.826. The van der Waals surface area contributed by atoms with Crippen molar-refractivity contribution in [3.63, 3.8) is 0 Å². The molecule has 0 spiro atoms. The number of hydrogen-bond donors (Lipinski definition) is 1. The van der Waals surface area contributed by atoms with Crippen LogP contribution in [0.15, 0.2) is 33.9 Å². The Kier molecular flexibility index (Phi) is 2.61. The van der Waals surface area contributed by atoms with E-state index in [0.717, 1.165) is 12.1 Å². The van der Waals surface area contributed by atoms with Gasteiger partial charge in [0.2, 0.25) is 10.9 Å². The lowest BCUT2D eigenvalue weighted by molar-refractivity contribution is -0.274. The zero-order valence-corrected chi connectivity index (χ0v) is 8.75. The van der Waals surface area contributed by atoms with Crippen molar-refractivity contribution in [1.29, 1.82) is 0 Å². The molecule has 0 amide bonds. The molecule has 18 heavy (non-hydrogen) atoms. The number of hydrogen-bond acceptors (Lipinski definition) is 4. The lowest BCUT2D eigenvalue weighted by Crippen LogP contribution is -2.35. The minimum absolute atomic E-state index is 0.0264. The summed E-state index contributed by atoms with van der Waals surface area (Å²) in [4.78, 5) is 22.1. The normalized spacial score (nSPS) is 11.7. The molecule has 0 aliphatic heterocycles. The van der Waals surface area contributed by atoms with E-state index in [4.69, 9.17) is 5.73 Å². The number of ether oxygens (including phenoxy) is 1. The van der Waals surface area contributed by atoms with Crippen molar-refractivity contribution in [2.45, 2.75) is 6.36 Å². The van der Waals surface area contributed by atoms with Crippen molar-refractivity contribution in [2.75, 3.05) is 5.73 Å². The van der Waals surface area contributed by atoms with Gasteiger partial charge in [-0.05, 0) is 17.7 Å². The standard InChI is InChI=1S/C11H6F3NO3/c12-11(13,14)18-6-3-1-5(2-4-6)7-8(15)10(17)9(7)16/h1-4H,15H2. The maximum atomic E-state index is 11.9. The molecule has 0 bridgehead atoms. The first kappa shape index (κ1) is 12.2. The van der Waals surface area contributed by atoms with Gasteiger partial charge in [0.1, 0.15) is 5.75 Å². The highest BCUT2D eigenvalue weighted by atomic mass is 19.4. The topological polar surface area (TPSA) is 69.4 Å². The Labute approximate surface area is 98.1 Å². The van der Waals surface area contributed by atoms with Gasteiger partial charge in [-0.3, -0.25) is 9.59 Å². The smallest absolute Gasteiger partial charge is 0.406 e. The van der Waals surface area contributed by atoms with Gasteiger partial charge in [-0.1, -0.05) is 12.1 Å². The Morgan fingerprint density at radius 3 is 2.00 bits per heavy atom. The first-order chi connectivity index (χ1) is 8.29. The van der Waals surface area contributed by atoms with Crippen molar-refractivity contribution in [2.24, 2.45) is 0 Å². The van der Waals surface area contributed by atoms with Crippen LogP contribution in [-0.2, 0) is 0 Å². The van der Waals surface area contributed by atoms with E-state index in [9.17, 15) is 22.8 Å². The number of rotatable bonds is 2. The van der Waals surface area contributed by atoms with Gasteiger partial charge in [-0.15, -0.1) is 13.2 Å². The molecule has 94 valence electrons. The summed E-state index contributed by atoms with van der Waals surface area (Å²) in [7, 11) is 0. The number of benzene rings is 1. The number of anilines is 1. The third kappa shape index (κ3) is 2.06. The summed E-state index contributed by atoms with van der Waals surface area (Å²) in [6.07, 6.45) is -4.78. The third-order valence-corrected chi connectivity index (χ3v) is 2.32. The number of halogens is 3. The Hall–Kier alpha value is -2.31. The van der Waals surface area contributed by atoms with Gasteiger partial charge in [0.25, 0.3) is 0 Å². The molecule has 7 heteroatoms. The first-order valence-electron chi connectivity index (χ1n) is 4.74. The van der Waals surface area contributed by atoms with Gasteiger partial charge in [-0.25, -0.2) is 0 Å². The number of alkyl halides is 3. The van der Waals surface area contributed by atoms with Crippen LogP contribution in [0.2, 0.25) is 0 Å². The minimum atomic E-state index is -4.78. The zero-order valence-electron chi connectivity index (χ0n) is 8.75. The van der Waals surface area contributed by atoms with E-state index < -0.39 is 23.0 Å². The largest absolute Gasteiger partial charge is 0.573 e. The molecule has 2 aromatic rings. The minimum Gasteiger partial charge on any atom is -0.406 e. The Balaban J connectivity index is 2.30. The highest BCUT2D eigenvalue weighted by Crippen LogP contribution is 2.27. The average Bonchev–Trinajstić information content (AvgIpc) is 2.29. The third-order valence-electron chi connectivity index (χ3n) is 2.32. The van der Waals surface area contributed by atoms with Gasteiger partial charge >= 0.3 is 6.36 Å². The van der Waals surface area contributed by atoms with Crippen LogP contribution in [0.5, 0.6) is 5.75 Å².